The maximum Gasteiger partial charge on any atom is 0.0710 e. The van der Waals surface area contributed by atoms with Crippen LogP contribution < -0.4 is 5.32 Å². The topological polar surface area (TPSA) is 44.7 Å². The highest BCUT2D eigenvalue weighted by Gasteiger charge is 2.45. The third-order valence-corrected chi connectivity index (χ3v) is 4.21. The zero-order valence-electron chi connectivity index (χ0n) is 10.4. The van der Waals surface area contributed by atoms with Crippen LogP contribution in [0, 0.1) is 5.92 Å². The van der Waals surface area contributed by atoms with Gasteiger partial charge in [-0.1, -0.05) is 0 Å². The van der Waals surface area contributed by atoms with Gasteiger partial charge in [-0.2, -0.15) is 0 Å². The van der Waals surface area contributed by atoms with E-state index in [1.54, 1.807) is 7.11 Å². The molecule has 2 atom stereocenters. The SMILES string of the molecule is CNC(CO)(CN1CCC(OC)C1)C1CC1. The molecule has 1 aliphatic heterocycles. The monoisotopic (exact) mass is 228 g/mol. The van der Waals surface area contributed by atoms with Crippen LogP contribution in [0.1, 0.15) is 19.3 Å². The van der Waals surface area contributed by atoms with Gasteiger partial charge in [0.2, 0.25) is 0 Å². The number of nitrogens with one attached hydrogen (secondary N) is 1. The number of ether oxygens (including phenoxy) is 1. The van der Waals surface area contributed by atoms with E-state index in [2.05, 4.69) is 10.2 Å². The summed E-state index contributed by atoms with van der Waals surface area (Å²) in [5.74, 6) is 0.657. The molecule has 2 aliphatic rings. The Morgan fingerprint density at radius 3 is 2.62 bits per heavy atom. The summed E-state index contributed by atoms with van der Waals surface area (Å²) >= 11 is 0. The summed E-state index contributed by atoms with van der Waals surface area (Å²) < 4.78 is 5.37. The van der Waals surface area contributed by atoms with Gasteiger partial charge in [-0.25, -0.2) is 0 Å². The van der Waals surface area contributed by atoms with Gasteiger partial charge in [-0.15, -0.1) is 0 Å². The lowest BCUT2D eigenvalue weighted by Gasteiger charge is -2.35. The Morgan fingerprint density at radius 2 is 2.19 bits per heavy atom. The predicted molar refractivity (Wildman–Crippen MR) is 63.5 cm³/mol. The molecule has 4 heteroatoms. The zero-order chi connectivity index (χ0) is 11.6. The van der Waals surface area contributed by atoms with E-state index in [0.717, 1.165) is 26.1 Å². The Morgan fingerprint density at radius 1 is 1.44 bits per heavy atom. The molecule has 2 rings (SSSR count). The van der Waals surface area contributed by atoms with Gasteiger partial charge in [-0.3, -0.25) is 4.90 Å². The smallest absolute Gasteiger partial charge is 0.0710 e. The van der Waals surface area contributed by atoms with E-state index in [4.69, 9.17) is 4.74 Å². The van der Waals surface area contributed by atoms with E-state index in [1.165, 1.54) is 12.8 Å². The summed E-state index contributed by atoms with van der Waals surface area (Å²) in [7, 11) is 3.75. The fraction of sp³-hybridized carbons (Fsp3) is 1.00. The van der Waals surface area contributed by atoms with Crippen LogP contribution >= 0.6 is 0 Å². The van der Waals surface area contributed by atoms with Gasteiger partial charge in [0.25, 0.3) is 0 Å². The molecule has 0 aromatic carbocycles. The van der Waals surface area contributed by atoms with Crippen molar-refractivity contribution in [2.24, 2.45) is 5.92 Å². The Kier molecular flexibility index (Phi) is 3.85. The Balaban J connectivity index is 1.91. The lowest BCUT2D eigenvalue weighted by Crippen LogP contribution is -2.56. The fourth-order valence-corrected chi connectivity index (χ4v) is 2.84. The quantitative estimate of drug-likeness (QED) is 0.675. The first-order chi connectivity index (χ1) is 7.74. The maximum atomic E-state index is 9.65. The molecule has 2 fully saturated rings. The molecular weight excluding hydrogens is 204 g/mol. The van der Waals surface area contributed by atoms with Crippen molar-refractivity contribution < 1.29 is 9.84 Å². The van der Waals surface area contributed by atoms with Gasteiger partial charge in [0.1, 0.15) is 0 Å². The van der Waals surface area contributed by atoms with Crippen LogP contribution in [0.3, 0.4) is 0 Å². The van der Waals surface area contributed by atoms with E-state index in [-0.39, 0.29) is 12.1 Å². The third-order valence-electron chi connectivity index (χ3n) is 4.21. The van der Waals surface area contributed by atoms with E-state index in [0.29, 0.717) is 12.0 Å². The largest absolute Gasteiger partial charge is 0.394 e. The van der Waals surface area contributed by atoms with Gasteiger partial charge in [0.05, 0.1) is 18.2 Å². The van der Waals surface area contributed by atoms with Crippen LogP contribution in [-0.2, 0) is 4.74 Å². The molecule has 1 aliphatic carbocycles. The number of aliphatic hydroxyl groups excluding tert-OH is 1. The van der Waals surface area contributed by atoms with Crippen molar-refractivity contribution in [2.75, 3.05) is 40.4 Å². The Bertz CT molecular complexity index is 227. The van der Waals surface area contributed by atoms with E-state index in [9.17, 15) is 5.11 Å². The molecule has 0 amide bonds. The Labute approximate surface area is 98.0 Å². The third kappa shape index (κ3) is 2.40. The molecule has 1 saturated heterocycles. The first-order valence-corrected chi connectivity index (χ1v) is 6.29. The summed E-state index contributed by atoms with van der Waals surface area (Å²) in [6.07, 6.45) is 4.01. The molecule has 0 bridgehead atoms. The minimum absolute atomic E-state index is 0.0807. The first-order valence-electron chi connectivity index (χ1n) is 6.29. The second-order valence-electron chi connectivity index (χ2n) is 5.22. The summed E-state index contributed by atoms with van der Waals surface area (Å²) in [6, 6.07) is 0. The van der Waals surface area contributed by atoms with Crippen LogP contribution in [0.25, 0.3) is 0 Å². The van der Waals surface area contributed by atoms with Crippen molar-refractivity contribution in [2.45, 2.75) is 30.9 Å². The van der Waals surface area contributed by atoms with Crippen LogP contribution in [0.4, 0.5) is 0 Å². The molecule has 0 aromatic heterocycles. The fourth-order valence-electron chi connectivity index (χ4n) is 2.84. The molecule has 0 aromatic rings. The van der Waals surface area contributed by atoms with E-state index >= 15 is 0 Å². The highest BCUT2D eigenvalue weighted by atomic mass is 16.5. The number of hydrogen-bond acceptors (Lipinski definition) is 4. The van der Waals surface area contributed by atoms with Gasteiger partial charge in [-0.05, 0) is 32.2 Å². The minimum atomic E-state index is -0.0807. The van der Waals surface area contributed by atoms with Crippen LogP contribution in [0.2, 0.25) is 0 Å². The number of hydrogen-bond donors (Lipinski definition) is 2. The van der Waals surface area contributed by atoms with Crippen molar-refractivity contribution in [3.05, 3.63) is 0 Å². The lowest BCUT2D eigenvalue weighted by molar-refractivity contribution is 0.0828. The van der Waals surface area contributed by atoms with Crippen LogP contribution in [0.5, 0.6) is 0 Å². The standard InChI is InChI=1S/C12H24N2O2/c1-13-12(9-15,10-3-4-10)8-14-6-5-11(7-14)16-2/h10-11,13,15H,3-9H2,1-2H3. The van der Waals surface area contributed by atoms with Gasteiger partial charge >= 0.3 is 0 Å². The molecule has 0 radical (unpaired) electrons. The molecule has 94 valence electrons. The number of methoxy groups -OCH3 is 1. The first kappa shape index (κ1) is 12.3. The zero-order valence-corrected chi connectivity index (χ0v) is 10.4. The van der Waals surface area contributed by atoms with Crippen molar-refractivity contribution >= 4 is 0 Å². The predicted octanol–water partition coefficient (Wildman–Crippen LogP) is 0.0676. The Hall–Kier alpha value is -0.160. The molecule has 4 nitrogen and oxygen atoms in total. The lowest BCUT2D eigenvalue weighted by atomic mass is 9.93. The van der Waals surface area contributed by atoms with E-state index in [1.807, 2.05) is 7.05 Å². The summed E-state index contributed by atoms with van der Waals surface area (Å²) in [5, 5.41) is 13.0. The summed E-state index contributed by atoms with van der Waals surface area (Å²) in [6.45, 7) is 3.29. The molecule has 1 saturated carbocycles. The van der Waals surface area contributed by atoms with Crippen molar-refractivity contribution in [1.29, 1.82) is 0 Å². The average molecular weight is 228 g/mol. The van der Waals surface area contributed by atoms with Crippen molar-refractivity contribution in [3.8, 4) is 0 Å². The second-order valence-corrected chi connectivity index (χ2v) is 5.22. The van der Waals surface area contributed by atoms with Gasteiger partial charge < -0.3 is 15.2 Å². The molecule has 1 heterocycles. The number of likely N-dealkylation sites (N-methyl/N-ethyl adjacent to an activating group) is 1. The maximum absolute atomic E-state index is 9.65. The number of aliphatic hydroxyl groups is 1. The average Bonchev–Trinajstić information content (AvgIpc) is 3.07. The van der Waals surface area contributed by atoms with Crippen LogP contribution in [-0.4, -0.2) is 62.0 Å². The molecule has 2 N–H and O–H groups in total. The van der Waals surface area contributed by atoms with Crippen molar-refractivity contribution in [1.82, 2.24) is 10.2 Å². The van der Waals surface area contributed by atoms with Gasteiger partial charge in [0.15, 0.2) is 0 Å². The highest BCUT2D eigenvalue weighted by molar-refractivity contribution is 5.02. The molecular formula is C12H24N2O2. The van der Waals surface area contributed by atoms with Crippen molar-refractivity contribution in [3.63, 3.8) is 0 Å². The number of likely N-dealkylation sites (tertiary alicyclic amines) is 1. The number of nitrogens with zero attached hydrogens (tertiary/aromatic N) is 1. The minimum Gasteiger partial charge on any atom is -0.394 e. The molecule has 16 heavy (non-hydrogen) atoms. The normalized spacial score (nSPS) is 30.6. The molecule has 2 unspecified atom stereocenters. The summed E-state index contributed by atoms with van der Waals surface area (Å²) in [5.41, 5.74) is -0.0807. The summed E-state index contributed by atoms with van der Waals surface area (Å²) in [4.78, 5) is 2.42. The van der Waals surface area contributed by atoms with E-state index < -0.39 is 0 Å². The van der Waals surface area contributed by atoms with Crippen LogP contribution in [0.15, 0.2) is 0 Å². The highest BCUT2D eigenvalue weighted by Crippen LogP contribution is 2.40. The second kappa shape index (κ2) is 5.00. The molecule has 0 spiro atoms. The number of rotatable bonds is 6. The van der Waals surface area contributed by atoms with Gasteiger partial charge in [0, 0.05) is 26.7 Å².